The number of halogens is 2. The van der Waals surface area contributed by atoms with Crippen molar-refractivity contribution in [1.29, 1.82) is 0 Å². The Hall–Kier alpha value is -2.64. The van der Waals surface area contributed by atoms with Gasteiger partial charge in [0.15, 0.2) is 17.4 Å². The van der Waals surface area contributed by atoms with Crippen molar-refractivity contribution in [2.75, 3.05) is 13.1 Å². The third-order valence-electron chi connectivity index (χ3n) is 3.23. The Bertz CT molecular complexity index is 703. The lowest BCUT2D eigenvalue weighted by atomic mass is 10.1. The molecule has 1 aromatic carbocycles. The molecule has 0 N–H and O–H groups in total. The van der Waals surface area contributed by atoms with Gasteiger partial charge in [0.05, 0.1) is 6.54 Å². The van der Waals surface area contributed by atoms with Crippen LogP contribution in [0, 0.1) is 17.6 Å². The summed E-state index contributed by atoms with van der Waals surface area (Å²) in [7, 11) is 0. The minimum Gasteiger partial charge on any atom is -0.292 e. The summed E-state index contributed by atoms with van der Waals surface area (Å²) in [5, 5.41) is 0. The van der Waals surface area contributed by atoms with Gasteiger partial charge in [-0.3, -0.25) is 19.3 Å². The highest BCUT2D eigenvalue weighted by Gasteiger charge is 2.45. The minimum atomic E-state index is -1.22. The van der Waals surface area contributed by atoms with Crippen LogP contribution in [0.5, 0.6) is 0 Å². The van der Waals surface area contributed by atoms with E-state index in [1.807, 2.05) is 0 Å². The zero-order chi connectivity index (χ0) is 17.3. The predicted molar refractivity (Wildman–Crippen MR) is 74.3 cm³/mol. The van der Waals surface area contributed by atoms with E-state index in [0.29, 0.717) is 11.0 Å². The summed E-state index contributed by atoms with van der Waals surface area (Å²) >= 11 is 0. The van der Waals surface area contributed by atoms with Gasteiger partial charge in [0, 0.05) is 12.1 Å². The maximum Gasteiger partial charge on any atom is 0.334 e. The number of ketones is 1. The molecule has 0 bridgehead atoms. The molecule has 0 atom stereocenters. The molecule has 0 unspecified atom stereocenters. The fraction of sp³-hybridized carbons (Fsp3) is 0.333. The van der Waals surface area contributed by atoms with Gasteiger partial charge in [-0.05, 0) is 24.1 Å². The van der Waals surface area contributed by atoms with Crippen LogP contribution in [0.2, 0.25) is 0 Å². The van der Waals surface area contributed by atoms with Crippen LogP contribution in [0.3, 0.4) is 0 Å². The summed E-state index contributed by atoms with van der Waals surface area (Å²) in [6.45, 7) is 2.88. The number of carbonyl (C=O) groups is 4. The van der Waals surface area contributed by atoms with Gasteiger partial charge in [-0.25, -0.2) is 18.5 Å². The molecule has 1 heterocycles. The number of urea groups is 1. The summed E-state index contributed by atoms with van der Waals surface area (Å²) in [5.41, 5.74) is -0.195. The van der Waals surface area contributed by atoms with Crippen molar-refractivity contribution in [1.82, 2.24) is 9.80 Å². The minimum absolute atomic E-state index is 0.0439. The lowest BCUT2D eigenvalue weighted by Crippen LogP contribution is -2.38. The molecule has 122 valence electrons. The first-order valence-electron chi connectivity index (χ1n) is 6.88. The molecule has 0 spiro atoms. The summed E-state index contributed by atoms with van der Waals surface area (Å²) < 4.78 is 26.0. The molecule has 4 amide bonds. The van der Waals surface area contributed by atoms with E-state index in [9.17, 15) is 28.0 Å². The Balaban J connectivity index is 2.17. The van der Waals surface area contributed by atoms with Crippen molar-refractivity contribution < 1.29 is 28.0 Å². The number of hydrogen-bond acceptors (Lipinski definition) is 4. The van der Waals surface area contributed by atoms with Gasteiger partial charge in [-0.1, -0.05) is 13.8 Å². The maximum absolute atomic E-state index is 13.1. The second kappa shape index (κ2) is 6.23. The summed E-state index contributed by atoms with van der Waals surface area (Å²) in [4.78, 5) is 49.0. The number of hydrogen-bond donors (Lipinski definition) is 0. The topological polar surface area (TPSA) is 74.8 Å². The second-order valence-corrected chi connectivity index (χ2v) is 5.54. The molecular formula is C15H14F2N2O4. The first-order chi connectivity index (χ1) is 10.7. The average molecular weight is 324 g/mol. The van der Waals surface area contributed by atoms with Crippen LogP contribution in [0.1, 0.15) is 24.2 Å². The molecule has 1 aromatic rings. The third-order valence-corrected chi connectivity index (χ3v) is 3.23. The number of amides is 4. The van der Waals surface area contributed by atoms with Crippen molar-refractivity contribution in [3.05, 3.63) is 35.4 Å². The third kappa shape index (κ3) is 3.25. The van der Waals surface area contributed by atoms with E-state index in [2.05, 4.69) is 0 Å². The Kier molecular flexibility index (Phi) is 4.53. The van der Waals surface area contributed by atoms with Crippen LogP contribution in [0.25, 0.3) is 0 Å². The molecule has 2 rings (SSSR count). The van der Waals surface area contributed by atoms with Crippen molar-refractivity contribution in [2.24, 2.45) is 5.92 Å². The molecule has 8 heteroatoms. The molecule has 0 aromatic heterocycles. The van der Waals surface area contributed by atoms with Crippen LogP contribution >= 0.6 is 0 Å². The number of Topliss-reactive ketones (excluding diaryl/α,β-unsaturated/α-hetero) is 1. The molecule has 0 aliphatic carbocycles. The molecule has 1 fully saturated rings. The van der Waals surface area contributed by atoms with E-state index >= 15 is 0 Å². The number of carbonyl (C=O) groups excluding carboxylic acids is 4. The smallest absolute Gasteiger partial charge is 0.292 e. The molecule has 1 aliphatic rings. The first kappa shape index (κ1) is 16.7. The van der Waals surface area contributed by atoms with Crippen LogP contribution in [0.15, 0.2) is 18.2 Å². The van der Waals surface area contributed by atoms with Crippen molar-refractivity contribution in [3.63, 3.8) is 0 Å². The number of nitrogens with zero attached hydrogens (tertiary/aromatic N) is 2. The Morgan fingerprint density at radius 3 is 2.22 bits per heavy atom. The molecule has 23 heavy (non-hydrogen) atoms. The zero-order valence-corrected chi connectivity index (χ0v) is 12.5. The first-order valence-corrected chi connectivity index (χ1v) is 6.88. The van der Waals surface area contributed by atoms with E-state index in [-0.39, 0.29) is 18.0 Å². The Morgan fingerprint density at radius 1 is 1.04 bits per heavy atom. The SMILES string of the molecule is CC(C)CN1C(=O)C(=O)N(CC(=O)c2ccc(F)c(F)c2)C1=O. The van der Waals surface area contributed by atoms with Crippen molar-refractivity contribution in [2.45, 2.75) is 13.8 Å². The monoisotopic (exact) mass is 324 g/mol. The predicted octanol–water partition coefficient (Wildman–Crippen LogP) is 1.59. The molecule has 6 nitrogen and oxygen atoms in total. The fourth-order valence-electron chi connectivity index (χ4n) is 2.12. The van der Waals surface area contributed by atoms with Crippen molar-refractivity contribution in [3.8, 4) is 0 Å². The van der Waals surface area contributed by atoms with Gasteiger partial charge in [-0.15, -0.1) is 0 Å². The lowest BCUT2D eigenvalue weighted by molar-refractivity contribution is -0.143. The van der Waals surface area contributed by atoms with E-state index in [4.69, 9.17) is 0 Å². The van der Waals surface area contributed by atoms with Crippen LogP contribution in [-0.4, -0.2) is 46.5 Å². The van der Waals surface area contributed by atoms with Gasteiger partial charge < -0.3 is 0 Å². The van der Waals surface area contributed by atoms with Gasteiger partial charge in [0.1, 0.15) is 0 Å². The zero-order valence-electron chi connectivity index (χ0n) is 12.5. The lowest BCUT2D eigenvalue weighted by Gasteiger charge is -2.16. The number of imide groups is 2. The highest BCUT2D eigenvalue weighted by atomic mass is 19.2. The van der Waals surface area contributed by atoms with E-state index in [0.717, 1.165) is 17.0 Å². The second-order valence-electron chi connectivity index (χ2n) is 5.54. The molecular weight excluding hydrogens is 310 g/mol. The maximum atomic E-state index is 13.1. The summed E-state index contributed by atoms with van der Waals surface area (Å²) in [5.74, 6) is -5.25. The van der Waals surface area contributed by atoms with Gasteiger partial charge in [-0.2, -0.15) is 0 Å². The fourth-order valence-corrected chi connectivity index (χ4v) is 2.12. The Labute approximate surface area is 130 Å². The largest absolute Gasteiger partial charge is 0.334 e. The van der Waals surface area contributed by atoms with E-state index in [1.165, 1.54) is 0 Å². The normalized spacial score (nSPS) is 15.1. The highest BCUT2D eigenvalue weighted by Crippen LogP contribution is 2.16. The van der Waals surface area contributed by atoms with Crippen LogP contribution in [-0.2, 0) is 9.59 Å². The number of rotatable bonds is 5. The molecule has 0 radical (unpaired) electrons. The highest BCUT2D eigenvalue weighted by molar-refractivity contribution is 6.45. The van der Waals surface area contributed by atoms with E-state index in [1.54, 1.807) is 13.8 Å². The number of benzene rings is 1. The molecule has 0 saturated carbocycles. The van der Waals surface area contributed by atoms with E-state index < -0.39 is 41.8 Å². The average Bonchev–Trinajstić information content (AvgIpc) is 2.67. The van der Waals surface area contributed by atoms with Crippen molar-refractivity contribution >= 4 is 23.6 Å². The standard InChI is InChI=1S/C15H14F2N2O4/c1-8(2)6-18-13(21)14(22)19(15(18)23)7-12(20)9-3-4-10(16)11(17)5-9/h3-5,8H,6-7H2,1-2H3. The summed E-state index contributed by atoms with van der Waals surface area (Å²) in [6, 6.07) is 1.60. The quantitative estimate of drug-likeness (QED) is 0.468. The molecule has 1 saturated heterocycles. The summed E-state index contributed by atoms with van der Waals surface area (Å²) in [6.07, 6.45) is 0. The van der Waals surface area contributed by atoms with Crippen LogP contribution in [0.4, 0.5) is 13.6 Å². The molecule has 1 aliphatic heterocycles. The van der Waals surface area contributed by atoms with Gasteiger partial charge >= 0.3 is 17.8 Å². The van der Waals surface area contributed by atoms with Crippen LogP contribution < -0.4 is 0 Å². The van der Waals surface area contributed by atoms with Gasteiger partial charge in [0.25, 0.3) is 0 Å². The van der Waals surface area contributed by atoms with Gasteiger partial charge in [0.2, 0.25) is 0 Å². The Morgan fingerprint density at radius 2 is 1.65 bits per heavy atom.